The van der Waals surface area contributed by atoms with Crippen LogP contribution in [0.25, 0.3) is 0 Å². The fourth-order valence-corrected chi connectivity index (χ4v) is 4.33. The highest BCUT2D eigenvalue weighted by Gasteiger charge is 2.28. The lowest BCUT2D eigenvalue weighted by Crippen LogP contribution is -2.37. The quantitative estimate of drug-likeness (QED) is 0.828. The summed E-state index contributed by atoms with van der Waals surface area (Å²) >= 11 is 0. The SMILES string of the molecule is O=C(O)C1CCC(NC(c2ccccc2)c2ccc3c(c2)CCCO3)CC1. The maximum atomic E-state index is 11.2. The van der Waals surface area contributed by atoms with Gasteiger partial charge in [-0.1, -0.05) is 42.5 Å². The largest absolute Gasteiger partial charge is 0.493 e. The number of hydrogen-bond donors (Lipinski definition) is 2. The molecule has 0 bridgehead atoms. The third-order valence-electron chi connectivity index (χ3n) is 5.88. The summed E-state index contributed by atoms with van der Waals surface area (Å²) in [6, 6.07) is 17.5. The van der Waals surface area contributed by atoms with Gasteiger partial charge in [-0.3, -0.25) is 4.79 Å². The second-order valence-corrected chi connectivity index (χ2v) is 7.72. The van der Waals surface area contributed by atoms with Crippen LogP contribution in [-0.2, 0) is 11.2 Å². The molecule has 4 rings (SSSR count). The Morgan fingerprint density at radius 1 is 1.04 bits per heavy atom. The monoisotopic (exact) mass is 365 g/mol. The molecule has 2 aromatic rings. The Hall–Kier alpha value is -2.33. The first-order chi connectivity index (χ1) is 13.2. The lowest BCUT2D eigenvalue weighted by Gasteiger charge is -2.32. The van der Waals surface area contributed by atoms with Gasteiger partial charge in [-0.25, -0.2) is 0 Å². The molecule has 4 heteroatoms. The van der Waals surface area contributed by atoms with Crippen molar-refractivity contribution in [2.75, 3.05) is 6.61 Å². The van der Waals surface area contributed by atoms with Gasteiger partial charge in [0, 0.05) is 6.04 Å². The highest BCUT2D eigenvalue weighted by atomic mass is 16.5. The van der Waals surface area contributed by atoms with Crippen LogP contribution in [0.15, 0.2) is 48.5 Å². The zero-order valence-corrected chi connectivity index (χ0v) is 15.6. The standard InChI is InChI=1S/C23H27NO3/c25-23(26)17-8-11-20(12-9-17)24-22(16-5-2-1-3-6-16)19-10-13-21-18(15-19)7-4-14-27-21/h1-3,5-6,10,13,15,17,20,22,24H,4,7-9,11-12,14H2,(H,25,26). The molecule has 142 valence electrons. The van der Waals surface area contributed by atoms with Crippen LogP contribution >= 0.6 is 0 Å². The lowest BCUT2D eigenvalue weighted by atomic mass is 9.85. The van der Waals surface area contributed by atoms with Crippen LogP contribution < -0.4 is 10.1 Å². The molecule has 4 nitrogen and oxygen atoms in total. The molecule has 0 aromatic heterocycles. The number of aryl methyl sites for hydroxylation is 1. The molecule has 1 fully saturated rings. The molecule has 2 aromatic carbocycles. The van der Waals surface area contributed by atoms with E-state index >= 15 is 0 Å². The summed E-state index contributed by atoms with van der Waals surface area (Å²) in [6.45, 7) is 0.805. The van der Waals surface area contributed by atoms with E-state index < -0.39 is 5.97 Å². The molecular formula is C23H27NO3. The number of rotatable bonds is 5. The van der Waals surface area contributed by atoms with Gasteiger partial charge in [0.05, 0.1) is 18.6 Å². The minimum Gasteiger partial charge on any atom is -0.493 e. The number of hydrogen-bond acceptors (Lipinski definition) is 3. The third kappa shape index (κ3) is 4.16. The summed E-state index contributed by atoms with van der Waals surface area (Å²) in [5, 5.41) is 13.1. The van der Waals surface area contributed by atoms with E-state index in [-0.39, 0.29) is 12.0 Å². The van der Waals surface area contributed by atoms with Crippen LogP contribution in [0.1, 0.15) is 54.8 Å². The van der Waals surface area contributed by atoms with Crippen molar-refractivity contribution in [3.05, 3.63) is 65.2 Å². The Morgan fingerprint density at radius 2 is 1.81 bits per heavy atom. The smallest absolute Gasteiger partial charge is 0.306 e. The zero-order chi connectivity index (χ0) is 18.6. The van der Waals surface area contributed by atoms with E-state index in [0.29, 0.717) is 6.04 Å². The van der Waals surface area contributed by atoms with Crippen molar-refractivity contribution in [2.45, 2.75) is 50.6 Å². The maximum absolute atomic E-state index is 11.2. The van der Waals surface area contributed by atoms with E-state index in [9.17, 15) is 9.90 Å². The Labute approximate surface area is 160 Å². The maximum Gasteiger partial charge on any atom is 0.306 e. The van der Waals surface area contributed by atoms with Crippen molar-refractivity contribution in [2.24, 2.45) is 5.92 Å². The van der Waals surface area contributed by atoms with Gasteiger partial charge < -0.3 is 15.2 Å². The normalized spacial score (nSPS) is 23.1. The molecule has 1 heterocycles. The van der Waals surface area contributed by atoms with Gasteiger partial charge in [-0.2, -0.15) is 0 Å². The molecule has 1 aliphatic heterocycles. The molecule has 1 unspecified atom stereocenters. The molecule has 0 radical (unpaired) electrons. The van der Waals surface area contributed by atoms with Gasteiger partial charge in [-0.15, -0.1) is 0 Å². The Balaban J connectivity index is 1.56. The van der Waals surface area contributed by atoms with Crippen LogP contribution in [0, 0.1) is 5.92 Å². The van der Waals surface area contributed by atoms with E-state index in [4.69, 9.17) is 4.74 Å². The number of carboxylic acid groups (broad SMARTS) is 1. The van der Waals surface area contributed by atoms with Gasteiger partial charge in [-0.05, 0) is 61.3 Å². The van der Waals surface area contributed by atoms with Crippen molar-refractivity contribution in [3.8, 4) is 5.75 Å². The second kappa shape index (κ2) is 8.13. The van der Waals surface area contributed by atoms with Crippen LogP contribution in [0.2, 0.25) is 0 Å². The number of nitrogens with one attached hydrogen (secondary N) is 1. The predicted octanol–water partition coefficient (Wildman–Crippen LogP) is 4.33. The van der Waals surface area contributed by atoms with Crippen molar-refractivity contribution in [1.82, 2.24) is 5.32 Å². The molecule has 0 amide bonds. The van der Waals surface area contributed by atoms with Gasteiger partial charge in [0.15, 0.2) is 0 Å². The molecule has 2 aliphatic rings. The summed E-state index contributed by atoms with van der Waals surface area (Å²) in [4.78, 5) is 11.2. The van der Waals surface area contributed by atoms with Gasteiger partial charge in [0.2, 0.25) is 0 Å². The summed E-state index contributed by atoms with van der Waals surface area (Å²) in [5.41, 5.74) is 3.79. The summed E-state index contributed by atoms with van der Waals surface area (Å²) < 4.78 is 5.77. The molecule has 0 saturated heterocycles. The molecule has 1 saturated carbocycles. The van der Waals surface area contributed by atoms with Gasteiger partial charge >= 0.3 is 5.97 Å². The first-order valence-corrected chi connectivity index (χ1v) is 10.00. The molecule has 0 spiro atoms. The van der Waals surface area contributed by atoms with Crippen molar-refractivity contribution in [3.63, 3.8) is 0 Å². The van der Waals surface area contributed by atoms with E-state index in [0.717, 1.165) is 50.9 Å². The van der Waals surface area contributed by atoms with Crippen LogP contribution in [0.5, 0.6) is 5.75 Å². The number of carboxylic acids is 1. The minimum atomic E-state index is -0.650. The number of carbonyl (C=O) groups is 1. The highest BCUT2D eigenvalue weighted by Crippen LogP contribution is 2.32. The van der Waals surface area contributed by atoms with Crippen molar-refractivity contribution >= 4 is 5.97 Å². The average molecular weight is 365 g/mol. The molecule has 27 heavy (non-hydrogen) atoms. The Kier molecular flexibility index (Phi) is 5.44. The topological polar surface area (TPSA) is 58.6 Å². The van der Waals surface area contributed by atoms with Crippen LogP contribution in [0.3, 0.4) is 0 Å². The van der Waals surface area contributed by atoms with E-state index in [1.807, 2.05) is 6.07 Å². The first-order valence-electron chi connectivity index (χ1n) is 10.00. The number of fused-ring (bicyclic) bond motifs is 1. The second-order valence-electron chi connectivity index (χ2n) is 7.72. The fourth-order valence-electron chi connectivity index (χ4n) is 4.33. The molecule has 1 atom stereocenters. The van der Waals surface area contributed by atoms with Crippen molar-refractivity contribution < 1.29 is 14.6 Å². The van der Waals surface area contributed by atoms with Gasteiger partial charge in [0.1, 0.15) is 5.75 Å². The zero-order valence-electron chi connectivity index (χ0n) is 15.6. The van der Waals surface area contributed by atoms with Crippen LogP contribution in [-0.4, -0.2) is 23.7 Å². The number of ether oxygens (including phenoxy) is 1. The highest BCUT2D eigenvalue weighted by molar-refractivity contribution is 5.70. The van der Waals surface area contributed by atoms with Crippen LogP contribution in [0.4, 0.5) is 0 Å². The number of aliphatic carboxylic acids is 1. The summed E-state index contributed by atoms with van der Waals surface area (Å²) in [5.74, 6) is 0.181. The molecule has 1 aliphatic carbocycles. The lowest BCUT2D eigenvalue weighted by molar-refractivity contribution is -0.142. The van der Waals surface area contributed by atoms with E-state index in [1.54, 1.807) is 0 Å². The minimum absolute atomic E-state index is 0.116. The Morgan fingerprint density at radius 3 is 2.56 bits per heavy atom. The predicted molar refractivity (Wildman–Crippen MR) is 105 cm³/mol. The van der Waals surface area contributed by atoms with Crippen molar-refractivity contribution in [1.29, 1.82) is 0 Å². The summed E-state index contributed by atoms with van der Waals surface area (Å²) in [6.07, 6.45) is 5.47. The number of benzene rings is 2. The average Bonchev–Trinajstić information content (AvgIpc) is 2.72. The van der Waals surface area contributed by atoms with E-state index in [1.165, 1.54) is 16.7 Å². The third-order valence-corrected chi connectivity index (χ3v) is 5.88. The summed E-state index contributed by atoms with van der Waals surface area (Å²) in [7, 11) is 0. The fraction of sp³-hybridized carbons (Fsp3) is 0.435. The van der Waals surface area contributed by atoms with E-state index in [2.05, 4.69) is 47.8 Å². The first kappa shape index (κ1) is 18.1. The van der Waals surface area contributed by atoms with Gasteiger partial charge in [0.25, 0.3) is 0 Å². The Bertz CT molecular complexity index is 781. The molecule has 2 N–H and O–H groups in total. The molecular weight excluding hydrogens is 338 g/mol.